The van der Waals surface area contributed by atoms with Gasteiger partial charge in [-0.1, -0.05) is 0 Å². The number of ether oxygens (including phenoxy) is 1. The van der Waals surface area contributed by atoms with Crippen molar-refractivity contribution in [2.75, 3.05) is 24.2 Å². The summed E-state index contributed by atoms with van der Waals surface area (Å²) in [6.07, 6.45) is 0.475. The highest BCUT2D eigenvalue weighted by atomic mass is 16.5. The topological polar surface area (TPSA) is 85.3 Å². The van der Waals surface area contributed by atoms with Crippen molar-refractivity contribution in [3.8, 4) is 0 Å². The Morgan fingerprint density at radius 2 is 2.41 bits per heavy atom. The largest absolute Gasteiger partial charge is 0.394 e. The van der Waals surface area contributed by atoms with E-state index in [2.05, 4.69) is 10.4 Å². The van der Waals surface area contributed by atoms with Crippen LogP contribution in [-0.2, 0) is 11.8 Å². The molecule has 96 valence electrons. The van der Waals surface area contributed by atoms with Crippen molar-refractivity contribution in [2.24, 2.45) is 7.05 Å². The molecule has 0 aliphatic carbocycles. The lowest BCUT2D eigenvalue weighted by atomic mass is 9.97. The maximum absolute atomic E-state index is 10.4. The molecule has 2 atom stereocenters. The Morgan fingerprint density at radius 1 is 1.71 bits per heavy atom. The lowest BCUT2D eigenvalue weighted by molar-refractivity contribution is -0.0176. The van der Waals surface area contributed by atoms with Crippen molar-refractivity contribution in [1.29, 1.82) is 0 Å². The van der Waals surface area contributed by atoms with Gasteiger partial charge in [-0.2, -0.15) is 5.10 Å². The van der Waals surface area contributed by atoms with Crippen molar-refractivity contribution in [3.63, 3.8) is 0 Å². The number of aliphatic hydroxyl groups is 1. The summed E-state index contributed by atoms with van der Waals surface area (Å²) in [5.74, 6) is 0.745. The molecule has 1 aliphatic heterocycles. The molecule has 1 saturated heterocycles. The Bertz CT molecular complexity index is 418. The second-order valence-electron chi connectivity index (χ2n) is 4.69. The second kappa shape index (κ2) is 4.19. The van der Waals surface area contributed by atoms with Crippen LogP contribution in [0.3, 0.4) is 0 Å². The summed E-state index contributed by atoms with van der Waals surface area (Å²) >= 11 is 0. The molecule has 0 saturated carbocycles. The fraction of sp³-hybridized carbons (Fsp3) is 0.727. The van der Waals surface area contributed by atoms with Gasteiger partial charge in [0.05, 0.1) is 17.5 Å². The standard InChI is InChI=1S/C11H20N4O2/c1-7-9(12)10(15(3)14-7)13-6-11(16)4-5-17-8(11)2/h8,13,16H,4-6,12H2,1-3H3. The van der Waals surface area contributed by atoms with Crippen molar-refractivity contribution in [1.82, 2.24) is 9.78 Å². The van der Waals surface area contributed by atoms with Crippen molar-refractivity contribution >= 4 is 11.5 Å². The molecule has 0 aromatic carbocycles. The maximum atomic E-state index is 10.4. The molecule has 17 heavy (non-hydrogen) atoms. The zero-order valence-electron chi connectivity index (χ0n) is 10.5. The van der Waals surface area contributed by atoms with Crippen LogP contribution >= 0.6 is 0 Å². The molecule has 2 unspecified atom stereocenters. The van der Waals surface area contributed by atoms with E-state index in [1.165, 1.54) is 0 Å². The Kier molecular flexibility index (Phi) is 3.01. The van der Waals surface area contributed by atoms with Gasteiger partial charge in [0.15, 0.2) is 0 Å². The summed E-state index contributed by atoms with van der Waals surface area (Å²) in [4.78, 5) is 0. The summed E-state index contributed by atoms with van der Waals surface area (Å²) in [6, 6.07) is 0. The number of anilines is 2. The third kappa shape index (κ3) is 2.10. The van der Waals surface area contributed by atoms with E-state index in [0.29, 0.717) is 25.3 Å². The Balaban J connectivity index is 2.07. The molecule has 1 aliphatic rings. The van der Waals surface area contributed by atoms with Gasteiger partial charge in [0, 0.05) is 26.6 Å². The number of nitrogen functional groups attached to an aromatic ring is 1. The van der Waals surface area contributed by atoms with Crippen LogP contribution in [0, 0.1) is 6.92 Å². The first-order valence-corrected chi connectivity index (χ1v) is 5.81. The SMILES string of the molecule is Cc1nn(C)c(NCC2(O)CCOC2C)c1N. The molecule has 2 heterocycles. The molecule has 0 spiro atoms. The quantitative estimate of drug-likeness (QED) is 0.706. The van der Waals surface area contributed by atoms with Gasteiger partial charge in [0.1, 0.15) is 11.4 Å². The predicted molar refractivity (Wildman–Crippen MR) is 65.8 cm³/mol. The van der Waals surface area contributed by atoms with Gasteiger partial charge in [-0.15, -0.1) is 0 Å². The number of nitrogens with two attached hydrogens (primary N) is 1. The number of nitrogens with zero attached hydrogens (tertiary/aromatic N) is 2. The molecule has 0 radical (unpaired) electrons. The van der Waals surface area contributed by atoms with Crippen molar-refractivity contribution in [3.05, 3.63) is 5.69 Å². The number of rotatable bonds is 3. The first-order valence-electron chi connectivity index (χ1n) is 5.81. The van der Waals surface area contributed by atoms with Crippen LogP contribution in [0.4, 0.5) is 11.5 Å². The fourth-order valence-electron chi connectivity index (χ4n) is 2.12. The third-order valence-electron chi connectivity index (χ3n) is 3.49. The molecule has 1 aromatic rings. The highest BCUT2D eigenvalue weighted by Crippen LogP contribution is 2.27. The number of aryl methyl sites for hydroxylation is 2. The van der Waals surface area contributed by atoms with E-state index in [0.717, 1.165) is 11.5 Å². The van der Waals surface area contributed by atoms with E-state index in [9.17, 15) is 5.11 Å². The minimum absolute atomic E-state index is 0.162. The molecule has 1 aromatic heterocycles. The van der Waals surface area contributed by atoms with Gasteiger partial charge >= 0.3 is 0 Å². The number of hydrogen-bond donors (Lipinski definition) is 3. The molecule has 6 nitrogen and oxygen atoms in total. The Labute approximate surface area is 101 Å². The first kappa shape index (κ1) is 12.2. The van der Waals surface area contributed by atoms with E-state index >= 15 is 0 Å². The summed E-state index contributed by atoms with van der Waals surface area (Å²) in [5.41, 5.74) is 6.50. The Morgan fingerprint density at radius 3 is 2.88 bits per heavy atom. The molecular weight excluding hydrogens is 220 g/mol. The smallest absolute Gasteiger partial charge is 0.147 e. The second-order valence-corrected chi connectivity index (χ2v) is 4.69. The van der Waals surface area contributed by atoms with Crippen LogP contribution in [0.1, 0.15) is 19.0 Å². The number of hydrogen-bond acceptors (Lipinski definition) is 5. The molecule has 2 rings (SSSR count). The van der Waals surface area contributed by atoms with Gasteiger partial charge in [0.25, 0.3) is 0 Å². The van der Waals surface area contributed by atoms with Crippen molar-refractivity contribution in [2.45, 2.75) is 32.0 Å². The molecule has 4 N–H and O–H groups in total. The molecule has 1 fully saturated rings. The normalized spacial score (nSPS) is 28.6. The van der Waals surface area contributed by atoms with Crippen LogP contribution in [0.25, 0.3) is 0 Å². The summed E-state index contributed by atoms with van der Waals surface area (Å²) in [6.45, 7) is 4.75. The minimum Gasteiger partial charge on any atom is -0.394 e. The monoisotopic (exact) mass is 240 g/mol. The van der Waals surface area contributed by atoms with Crippen LogP contribution in [0.2, 0.25) is 0 Å². The maximum Gasteiger partial charge on any atom is 0.147 e. The lowest BCUT2D eigenvalue weighted by Gasteiger charge is -2.26. The third-order valence-corrected chi connectivity index (χ3v) is 3.49. The average molecular weight is 240 g/mol. The molecule has 0 bridgehead atoms. The van der Waals surface area contributed by atoms with Gasteiger partial charge in [-0.3, -0.25) is 4.68 Å². The zero-order valence-corrected chi connectivity index (χ0v) is 10.5. The average Bonchev–Trinajstić information content (AvgIpc) is 2.70. The molecule has 0 amide bonds. The first-order chi connectivity index (χ1) is 7.94. The van der Waals surface area contributed by atoms with E-state index in [1.807, 2.05) is 20.9 Å². The van der Waals surface area contributed by atoms with E-state index in [1.54, 1.807) is 4.68 Å². The van der Waals surface area contributed by atoms with E-state index in [-0.39, 0.29) is 6.10 Å². The molecule has 6 heteroatoms. The fourth-order valence-corrected chi connectivity index (χ4v) is 2.12. The zero-order chi connectivity index (χ0) is 12.6. The summed E-state index contributed by atoms with van der Waals surface area (Å²) in [7, 11) is 1.82. The van der Waals surface area contributed by atoms with Crippen LogP contribution in [0.15, 0.2) is 0 Å². The molecular formula is C11H20N4O2. The van der Waals surface area contributed by atoms with E-state index in [4.69, 9.17) is 10.5 Å². The van der Waals surface area contributed by atoms with Gasteiger partial charge in [0.2, 0.25) is 0 Å². The number of aromatic nitrogens is 2. The minimum atomic E-state index is -0.829. The highest BCUT2D eigenvalue weighted by Gasteiger charge is 2.39. The van der Waals surface area contributed by atoms with Gasteiger partial charge in [-0.05, 0) is 13.8 Å². The summed E-state index contributed by atoms with van der Waals surface area (Å²) < 4.78 is 7.07. The predicted octanol–water partition coefficient (Wildman–Crippen LogP) is 0.263. The Hall–Kier alpha value is -1.27. The lowest BCUT2D eigenvalue weighted by Crippen LogP contribution is -2.43. The number of nitrogens with one attached hydrogen (secondary N) is 1. The van der Waals surface area contributed by atoms with Gasteiger partial charge < -0.3 is 20.9 Å². The van der Waals surface area contributed by atoms with Crippen LogP contribution < -0.4 is 11.1 Å². The van der Waals surface area contributed by atoms with E-state index < -0.39 is 5.60 Å². The summed E-state index contributed by atoms with van der Waals surface area (Å²) in [5, 5.41) is 17.7. The van der Waals surface area contributed by atoms with Crippen LogP contribution in [-0.4, -0.2) is 39.7 Å². The van der Waals surface area contributed by atoms with Crippen LogP contribution in [0.5, 0.6) is 0 Å². The van der Waals surface area contributed by atoms with Gasteiger partial charge in [-0.25, -0.2) is 0 Å². The van der Waals surface area contributed by atoms with Crippen molar-refractivity contribution < 1.29 is 9.84 Å². The highest BCUT2D eigenvalue weighted by molar-refractivity contribution is 5.64.